The summed E-state index contributed by atoms with van der Waals surface area (Å²) in [6, 6.07) is 6.83. The molecule has 0 saturated carbocycles. The van der Waals surface area contributed by atoms with Gasteiger partial charge in [0.2, 0.25) is 0 Å². The zero-order valence-corrected chi connectivity index (χ0v) is 11.5. The summed E-state index contributed by atoms with van der Waals surface area (Å²) in [5.74, 6) is -0.200. The van der Waals surface area contributed by atoms with Crippen LogP contribution in [0.2, 0.25) is 0 Å². The molecule has 0 spiro atoms. The van der Waals surface area contributed by atoms with Crippen molar-refractivity contribution in [2.24, 2.45) is 5.73 Å². The Hall–Kier alpha value is -0.970. The SMILES string of the molecule is CCOC1CCCN(C(CN)c2cccc(F)c2)C1. The van der Waals surface area contributed by atoms with Gasteiger partial charge in [-0.1, -0.05) is 12.1 Å². The van der Waals surface area contributed by atoms with Gasteiger partial charge in [0.05, 0.1) is 6.10 Å². The third kappa shape index (κ3) is 3.75. The summed E-state index contributed by atoms with van der Waals surface area (Å²) in [6.45, 7) is 5.15. The normalized spacial score (nSPS) is 22.4. The van der Waals surface area contributed by atoms with Crippen molar-refractivity contribution in [1.29, 1.82) is 0 Å². The third-order valence-electron chi connectivity index (χ3n) is 3.71. The van der Waals surface area contributed by atoms with Gasteiger partial charge in [-0.25, -0.2) is 4.39 Å². The highest BCUT2D eigenvalue weighted by molar-refractivity contribution is 5.21. The van der Waals surface area contributed by atoms with Crippen molar-refractivity contribution in [3.8, 4) is 0 Å². The van der Waals surface area contributed by atoms with E-state index < -0.39 is 0 Å². The van der Waals surface area contributed by atoms with E-state index in [1.165, 1.54) is 6.07 Å². The zero-order chi connectivity index (χ0) is 13.7. The fourth-order valence-electron chi connectivity index (χ4n) is 2.83. The molecule has 2 unspecified atom stereocenters. The van der Waals surface area contributed by atoms with E-state index in [1.54, 1.807) is 12.1 Å². The minimum absolute atomic E-state index is 0.0824. The first-order chi connectivity index (χ1) is 9.24. The smallest absolute Gasteiger partial charge is 0.123 e. The minimum atomic E-state index is -0.200. The molecular formula is C15H23FN2O. The van der Waals surface area contributed by atoms with Crippen molar-refractivity contribution in [2.45, 2.75) is 31.9 Å². The fraction of sp³-hybridized carbons (Fsp3) is 0.600. The van der Waals surface area contributed by atoms with E-state index in [4.69, 9.17) is 10.5 Å². The van der Waals surface area contributed by atoms with Crippen LogP contribution in [0.1, 0.15) is 31.4 Å². The Kier molecular flexibility index (Phi) is 5.31. The Morgan fingerprint density at radius 1 is 1.53 bits per heavy atom. The van der Waals surface area contributed by atoms with Crippen LogP contribution in [0.3, 0.4) is 0 Å². The summed E-state index contributed by atoms with van der Waals surface area (Å²) in [5, 5.41) is 0. The molecule has 1 aliphatic rings. The number of nitrogens with zero attached hydrogens (tertiary/aromatic N) is 1. The molecule has 4 heteroatoms. The average molecular weight is 266 g/mol. The van der Waals surface area contributed by atoms with Gasteiger partial charge >= 0.3 is 0 Å². The molecule has 0 aromatic heterocycles. The van der Waals surface area contributed by atoms with Crippen LogP contribution in [0.15, 0.2) is 24.3 Å². The molecule has 3 nitrogen and oxygen atoms in total. The lowest BCUT2D eigenvalue weighted by Crippen LogP contribution is -2.44. The van der Waals surface area contributed by atoms with Gasteiger partial charge < -0.3 is 10.5 Å². The van der Waals surface area contributed by atoms with Crippen molar-refractivity contribution < 1.29 is 9.13 Å². The molecule has 1 saturated heterocycles. The van der Waals surface area contributed by atoms with E-state index in [1.807, 2.05) is 13.0 Å². The highest BCUT2D eigenvalue weighted by Gasteiger charge is 2.26. The maximum Gasteiger partial charge on any atom is 0.123 e. The lowest BCUT2D eigenvalue weighted by Gasteiger charge is -2.37. The Labute approximate surface area is 114 Å². The number of benzene rings is 1. The highest BCUT2D eigenvalue weighted by Crippen LogP contribution is 2.25. The number of halogens is 1. The van der Waals surface area contributed by atoms with E-state index in [2.05, 4.69) is 4.90 Å². The second-order valence-electron chi connectivity index (χ2n) is 5.02. The summed E-state index contributed by atoms with van der Waals surface area (Å²) in [5.41, 5.74) is 6.86. The molecule has 0 radical (unpaired) electrons. The van der Waals surface area contributed by atoms with Crippen LogP contribution < -0.4 is 5.73 Å². The number of piperidine rings is 1. The van der Waals surface area contributed by atoms with Crippen LogP contribution in [0.4, 0.5) is 4.39 Å². The summed E-state index contributed by atoms with van der Waals surface area (Å²) in [7, 11) is 0. The molecule has 0 amide bonds. The van der Waals surface area contributed by atoms with Gasteiger partial charge in [-0.05, 0) is 44.0 Å². The van der Waals surface area contributed by atoms with E-state index in [9.17, 15) is 4.39 Å². The molecular weight excluding hydrogens is 243 g/mol. The number of hydrogen-bond donors (Lipinski definition) is 1. The monoisotopic (exact) mass is 266 g/mol. The molecule has 1 aromatic carbocycles. The van der Waals surface area contributed by atoms with Gasteiger partial charge in [0.25, 0.3) is 0 Å². The van der Waals surface area contributed by atoms with Crippen LogP contribution in [0.5, 0.6) is 0 Å². The first-order valence-electron chi connectivity index (χ1n) is 7.05. The molecule has 2 atom stereocenters. The van der Waals surface area contributed by atoms with E-state index in [0.717, 1.165) is 38.1 Å². The van der Waals surface area contributed by atoms with E-state index in [0.29, 0.717) is 6.54 Å². The van der Waals surface area contributed by atoms with E-state index in [-0.39, 0.29) is 18.0 Å². The summed E-state index contributed by atoms with van der Waals surface area (Å²) in [4.78, 5) is 2.32. The maximum atomic E-state index is 13.3. The second kappa shape index (κ2) is 6.98. The topological polar surface area (TPSA) is 38.5 Å². The summed E-state index contributed by atoms with van der Waals surface area (Å²) in [6.07, 6.45) is 2.49. The molecule has 106 valence electrons. The van der Waals surface area contributed by atoms with Crippen LogP contribution >= 0.6 is 0 Å². The van der Waals surface area contributed by atoms with Gasteiger partial charge in [0, 0.05) is 25.7 Å². The number of nitrogens with two attached hydrogens (primary N) is 1. The zero-order valence-electron chi connectivity index (χ0n) is 11.5. The first kappa shape index (κ1) is 14.4. The molecule has 1 heterocycles. The number of hydrogen-bond acceptors (Lipinski definition) is 3. The fourth-order valence-corrected chi connectivity index (χ4v) is 2.83. The predicted octanol–water partition coefficient (Wildman–Crippen LogP) is 2.33. The first-order valence-corrected chi connectivity index (χ1v) is 7.05. The van der Waals surface area contributed by atoms with Gasteiger partial charge in [-0.3, -0.25) is 4.90 Å². The lowest BCUT2D eigenvalue weighted by molar-refractivity contribution is -0.00662. The number of likely N-dealkylation sites (tertiary alicyclic amines) is 1. The predicted molar refractivity (Wildman–Crippen MR) is 74.4 cm³/mol. The minimum Gasteiger partial charge on any atom is -0.377 e. The molecule has 0 aliphatic carbocycles. The van der Waals surface area contributed by atoms with Gasteiger partial charge in [0.15, 0.2) is 0 Å². The highest BCUT2D eigenvalue weighted by atomic mass is 19.1. The van der Waals surface area contributed by atoms with Crippen molar-refractivity contribution in [2.75, 3.05) is 26.2 Å². The van der Waals surface area contributed by atoms with Crippen molar-refractivity contribution >= 4 is 0 Å². The lowest BCUT2D eigenvalue weighted by atomic mass is 10.0. The maximum absolute atomic E-state index is 13.3. The van der Waals surface area contributed by atoms with Crippen LogP contribution in [-0.2, 0) is 4.74 Å². The molecule has 1 fully saturated rings. The Morgan fingerprint density at radius 3 is 3.05 bits per heavy atom. The van der Waals surface area contributed by atoms with Crippen LogP contribution in [-0.4, -0.2) is 37.2 Å². The average Bonchev–Trinajstić information content (AvgIpc) is 2.41. The second-order valence-corrected chi connectivity index (χ2v) is 5.02. The molecule has 19 heavy (non-hydrogen) atoms. The molecule has 2 rings (SSSR count). The third-order valence-corrected chi connectivity index (χ3v) is 3.71. The van der Waals surface area contributed by atoms with Crippen molar-refractivity contribution in [3.05, 3.63) is 35.6 Å². The van der Waals surface area contributed by atoms with Gasteiger partial charge in [-0.15, -0.1) is 0 Å². The largest absolute Gasteiger partial charge is 0.377 e. The van der Waals surface area contributed by atoms with Crippen LogP contribution in [0.25, 0.3) is 0 Å². The number of rotatable bonds is 5. The quantitative estimate of drug-likeness (QED) is 0.889. The number of ether oxygens (including phenoxy) is 1. The molecule has 2 N–H and O–H groups in total. The standard InChI is InChI=1S/C15H23FN2O/c1-2-19-14-7-4-8-18(11-14)15(10-17)12-5-3-6-13(16)9-12/h3,5-6,9,14-15H,2,4,7-8,10-11,17H2,1H3. The van der Waals surface area contributed by atoms with Crippen molar-refractivity contribution in [3.63, 3.8) is 0 Å². The van der Waals surface area contributed by atoms with Crippen molar-refractivity contribution in [1.82, 2.24) is 4.90 Å². The molecule has 0 bridgehead atoms. The Bertz CT molecular complexity index is 397. The Balaban J connectivity index is 2.08. The van der Waals surface area contributed by atoms with Gasteiger partial charge in [-0.2, -0.15) is 0 Å². The Morgan fingerprint density at radius 2 is 2.37 bits per heavy atom. The van der Waals surface area contributed by atoms with Gasteiger partial charge in [0.1, 0.15) is 5.82 Å². The van der Waals surface area contributed by atoms with E-state index >= 15 is 0 Å². The van der Waals surface area contributed by atoms with Crippen LogP contribution in [0, 0.1) is 5.82 Å². The summed E-state index contributed by atoms with van der Waals surface area (Å²) >= 11 is 0. The summed E-state index contributed by atoms with van der Waals surface area (Å²) < 4.78 is 19.1. The molecule has 1 aromatic rings. The molecule has 1 aliphatic heterocycles.